The first-order chi connectivity index (χ1) is 15.6. The largest absolute Gasteiger partial charge is 0.328 e. The van der Waals surface area contributed by atoms with Crippen molar-refractivity contribution >= 4 is 56.6 Å². The summed E-state index contributed by atoms with van der Waals surface area (Å²) in [5, 5.41) is 11.2. The van der Waals surface area contributed by atoms with Gasteiger partial charge in [-0.1, -0.05) is 41.2 Å². The first kappa shape index (κ1) is 20.6. The molecule has 0 saturated carbocycles. The summed E-state index contributed by atoms with van der Waals surface area (Å²) in [6.07, 6.45) is 0. The van der Waals surface area contributed by atoms with Crippen molar-refractivity contribution in [3.63, 3.8) is 0 Å². The summed E-state index contributed by atoms with van der Waals surface area (Å²) in [4.78, 5) is 36.4. The van der Waals surface area contributed by atoms with Crippen LogP contribution in [0.4, 0.5) is 6.01 Å². The Hall–Kier alpha value is -3.28. The van der Waals surface area contributed by atoms with Crippen molar-refractivity contribution in [1.29, 1.82) is 0 Å². The molecular formula is C21H15N5O3S3. The molecule has 1 N–H and O–H groups in total. The van der Waals surface area contributed by atoms with Gasteiger partial charge in [0.1, 0.15) is 4.83 Å². The number of aromatic nitrogens is 4. The fourth-order valence-electron chi connectivity index (χ4n) is 3.12. The predicted molar refractivity (Wildman–Crippen MR) is 127 cm³/mol. The van der Waals surface area contributed by atoms with Crippen LogP contribution in [0.1, 0.15) is 5.82 Å². The molecule has 0 aliphatic carbocycles. The third-order valence-corrected chi connectivity index (χ3v) is 7.20. The monoisotopic (exact) mass is 481 g/mol. The standard InChI is InChI=1S/C21H15N5O3S3/c1-12-22-20(29-25-12)23-16(27)11-32-21-24-18-17(14(10-31-18)15-8-5-9-30-15)19(28)26(21)13-6-3-2-4-7-13/h2-10H,11H2,1H3,(H,22,23,25,27). The highest BCUT2D eigenvalue weighted by atomic mass is 32.2. The second kappa shape index (κ2) is 8.69. The van der Waals surface area contributed by atoms with Crippen LogP contribution in [0.2, 0.25) is 0 Å². The maximum atomic E-state index is 13.7. The van der Waals surface area contributed by atoms with E-state index >= 15 is 0 Å². The average molecular weight is 482 g/mol. The molecule has 0 unspecified atom stereocenters. The minimum Gasteiger partial charge on any atom is -0.315 e. The van der Waals surface area contributed by atoms with E-state index in [9.17, 15) is 9.59 Å². The van der Waals surface area contributed by atoms with Crippen LogP contribution in [0.5, 0.6) is 0 Å². The van der Waals surface area contributed by atoms with Gasteiger partial charge in [-0.25, -0.2) is 4.98 Å². The number of nitrogens with zero attached hydrogens (tertiary/aromatic N) is 4. The molecule has 0 saturated heterocycles. The Labute approximate surface area is 193 Å². The van der Waals surface area contributed by atoms with Crippen LogP contribution in [0.25, 0.3) is 26.3 Å². The fraction of sp³-hybridized carbons (Fsp3) is 0.0952. The zero-order valence-corrected chi connectivity index (χ0v) is 19.1. The van der Waals surface area contributed by atoms with Gasteiger partial charge in [0.05, 0.1) is 16.8 Å². The fourth-order valence-corrected chi connectivity index (χ4v) is 5.74. The molecule has 0 bridgehead atoms. The number of amides is 1. The van der Waals surface area contributed by atoms with E-state index in [1.54, 1.807) is 22.8 Å². The highest BCUT2D eigenvalue weighted by Gasteiger charge is 2.20. The summed E-state index contributed by atoms with van der Waals surface area (Å²) in [5.41, 5.74) is 1.40. The molecule has 160 valence electrons. The number of thiophene rings is 2. The van der Waals surface area contributed by atoms with Gasteiger partial charge in [0, 0.05) is 15.8 Å². The number of fused-ring (bicyclic) bond motifs is 1. The van der Waals surface area contributed by atoms with Gasteiger partial charge in [-0.2, -0.15) is 4.98 Å². The van der Waals surface area contributed by atoms with E-state index in [-0.39, 0.29) is 23.2 Å². The molecule has 11 heteroatoms. The van der Waals surface area contributed by atoms with Gasteiger partial charge < -0.3 is 4.52 Å². The summed E-state index contributed by atoms with van der Waals surface area (Å²) >= 11 is 4.17. The number of para-hydroxylation sites is 1. The predicted octanol–water partition coefficient (Wildman–Crippen LogP) is 4.60. The van der Waals surface area contributed by atoms with E-state index in [1.165, 1.54) is 23.1 Å². The van der Waals surface area contributed by atoms with Gasteiger partial charge in [-0.05, 0) is 30.5 Å². The third kappa shape index (κ3) is 3.97. The van der Waals surface area contributed by atoms with Crippen LogP contribution in [-0.4, -0.2) is 31.4 Å². The minimum atomic E-state index is -0.335. The summed E-state index contributed by atoms with van der Waals surface area (Å²) in [7, 11) is 0. The highest BCUT2D eigenvalue weighted by molar-refractivity contribution is 7.99. The van der Waals surface area contributed by atoms with Crippen molar-refractivity contribution in [2.75, 3.05) is 11.1 Å². The number of hydrogen-bond acceptors (Lipinski definition) is 9. The van der Waals surface area contributed by atoms with Gasteiger partial charge >= 0.3 is 6.01 Å². The number of anilines is 1. The second-order valence-corrected chi connectivity index (χ2v) is 9.41. The zero-order valence-electron chi connectivity index (χ0n) is 16.6. The van der Waals surface area contributed by atoms with Gasteiger partial charge in [0.25, 0.3) is 5.56 Å². The molecule has 0 aliphatic rings. The summed E-state index contributed by atoms with van der Waals surface area (Å²) < 4.78 is 6.48. The maximum absolute atomic E-state index is 13.7. The molecule has 0 radical (unpaired) electrons. The van der Waals surface area contributed by atoms with E-state index in [4.69, 9.17) is 9.51 Å². The Morgan fingerprint density at radius 1 is 1.16 bits per heavy atom. The van der Waals surface area contributed by atoms with Crippen LogP contribution in [0.15, 0.2) is 67.7 Å². The lowest BCUT2D eigenvalue weighted by Crippen LogP contribution is -2.22. The number of hydrogen-bond donors (Lipinski definition) is 1. The van der Waals surface area contributed by atoms with E-state index in [0.29, 0.717) is 26.9 Å². The molecule has 8 nitrogen and oxygen atoms in total. The third-order valence-electron chi connectivity index (χ3n) is 4.48. The van der Waals surface area contributed by atoms with Crippen molar-refractivity contribution in [2.45, 2.75) is 12.1 Å². The molecule has 1 amide bonds. The number of nitrogens with one attached hydrogen (secondary N) is 1. The first-order valence-corrected chi connectivity index (χ1v) is 12.2. The van der Waals surface area contributed by atoms with Gasteiger partial charge in [-0.15, -0.1) is 22.7 Å². The van der Waals surface area contributed by atoms with E-state index < -0.39 is 0 Å². The number of carbonyl (C=O) groups is 1. The molecule has 0 atom stereocenters. The first-order valence-electron chi connectivity index (χ1n) is 9.46. The number of aryl methyl sites for hydroxylation is 1. The lowest BCUT2D eigenvalue weighted by molar-refractivity contribution is -0.114. The summed E-state index contributed by atoms with van der Waals surface area (Å²) in [5.74, 6) is 0.116. The molecule has 0 aliphatic heterocycles. The van der Waals surface area contributed by atoms with Crippen molar-refractivity contribution in [3.8, 4) is 16.1 Å². The Morgan fingerprint density at radius 3 is 2.72 bits per heavy atom. The molecular weight excluding hydrogens is 466 g/mol. The molecule has 0 spiro atoms. The number of rotatable bonds is 6. The van der Waals surface area contributed by atoms with Crippen LogP contribution < -0.4 is 10.9 Å². The SMILES string of the molecule is Cc1noc(NC(=O)CSc2nc3scc(-c4cccs4)c3c(=O)n2-c2ccccc2)n1. The van der Waals surface area contributed by atoms with Crippen molar-refractivity contribution in [1.82, 2.24) is 19.7 Å². The molecule has 1 aromatic carbocycles. The molecule has 32 heavy (non-hydrogen) atoms. The Kier molecular flexibility index (Phi) is 5.60. The molecule has 5 aromatic rings. The number of benzene rings is 1. The molecule has 0 fully saturated rings. The van der Waals surface area contributed by atoms with Crippen LogP contribution in [0.3, 0.4) is 0 Å². The van der Waals surface area contributed by atoms with Gasteiger partial charge in [0.15, 0.2) is 11.0 Å². The Bertz CT molecular complexity index is 1460. The minimum absolute atomic E-state index is 0.0232. The number of thioether (sulfide) groups is 1. The molecule has 4 heterocycles. The lowest BCUT2D eigenvalue weighted by atomic mass is 10.2. The Balaban J connectivity index is 1.54. The van der Waals surface area contributed by atoms with Crippen LogP contribution in [0, 0.1) is 6.92 Å². The van der Waals surface area contributed by atoms with Gasteiger partial charge in [-0.3, -0.25) is 19.5 Å². The normalized spacial score (nSPS) is 11.2. The van der Waals surface area contributed by atoms with Gasteiger partial charge in [0.2, 0.25) is 5.91 Å². The van der Waals surface area contributed by atoms with Crippen molar-refractivity contribution in [2.24, 2.45) is 0 Å². The topological polar surface area (TPSA) is 103 Å². The Morgan fingerprint density at radius 2 is 2.00 bits per heavy atom. The second-order valence-electron chi connectivity index (χ2n) is 6.66. The van der Waals surface area contributed by atoms with Crippen LogP contribution in [-0.2, 0) is 4.79 Å². The number of carbonyl (C=O) groups excluding carboxylic acids is 1. The smallest absolute Gasteiger partial charge is 0.315 e. The van der Waals surface area contributed by atoms with E-state index in [1.807, 2.05) is 53.2 Å². The lowest BCUT2D eigenvalue weighted by Gasteiger charge is -2.12. The zero-order chi connectivity index (χ0) is 22.1. The quantitative estimate of drug-likeness (QED) is 0.279. The van der Waals surface area contributed by atoms with E-state index in [0.717, 1.165) is 10.4 Å². The van der Waals surface area contributed by atoms with E-state index in [2.05, 4.69) is 15.5 Å². The maximum Gasteiger partial charge on any atom is 0.328 e. The summed E-state index contributed by atoms with van der Waals surface area (Å²) in [6.45, 7) is 1.66. The van der Waals surface area contributed by atoms with Crippen molar-refractivity contribution in [3.05, 3.63) is 69.4 Å². The van der Waals surface area contributed by atoms with Crippen LogP contribution >= 0.6 is 34.4 Å². The van der Waals surface area contributed by atoms with Crippen molar-refractivity contribution < 1.29 is 9.32 Å². The molecule has 5 rings (SSSR count). The highest BCUT2D eigenvalue weighted by Crippen LogP contribution is 2.35. The average Bonchev–Trinajstić information content (AvgIpc) is 3.54. The summed E-state index contributed by atoms with van der Waals surface area (Å²) in [6, 6.07) is 13.3. The molecule has 4 aromatic heterocycles.